The van der Waals surface area contributed by atoms with Crippen LogP contribution >= 0.6 is 11.3 Å². The van der Waals surface area contributed by atoms with Crippen LogP contribution in [0.3, 0.4) is 0 Å². The highest BCUT2D eigenvalue weighted by molar-refractivity contribution is 7.16. The maximum Gasteiger partial charge on any atom is 0.405 e. The molecule has 3 rings (SSSR count). The molecule has 0 radical (unpaired) electrons. The van der Waals surface area contributed by atoms with Crippen LogP contribution < -0.4 is 10.2 Å². The van der Waals surface area contributed by atoms with Crippen LogP contribution in [0.5, 0.6) is 0 Å². The predicted octanol–water partition coefficient (Wildman–Crippen LogP) is 3.65. The van der Waals surface area contributed by atoms with Gasteiger partial charge in [0.15, 0.2) is 0 Å². The van der Waals surface area contributed by atoms with Crippen molar-refractivity contribution >= 4 is 33.3 Å². The minimum Gasteiger partial charge on any atom is -0.354 e. The van der Waals surface area contributed by atoms with Crippen molar-refractivity contribution in [3.05, 3.63) is 11.4 Å². The molecule has 0 unspecified atom stereocenters. The third kappa shape index (κ3) is 3.20. The Hall–Kier alpha value is -1.57. The second-order valence-corrected chi connectivity index (χ2v) is 5.91. The minimum atomic E-state index is -4.24. The lowest BCUT2D eigenvalue weighted by atomic mass is 10.3. The number of alkyl halides is 3. The van der Waals surface area contributed by atoms with Crippen LogP contribution in [0.25, 0.3) is 10.2 Å². The summed E-state index contributed by atoms with van der Waals surface area (Å²) in [6, 6.07) is 1.72. The first kappa shape index (κ1) is 14.4. The molecule has 0 atom stereocenters. The van der Waals surface area contributed by atoms with Crippen molar-refractivity contribution < 1.29 is 13.2 Å². The Morgan fingerprint density at radius 1 is 1.38 bits per heavy atom. The van der Waals surface area contributed by atoms with Crippen LogP contribution in [0.4, 0.5) is 24.9 Å². The van der Waals surface area contributed by atoms with Gasteiger partial charge in [-0.05, 0) is 31.2 Å². The van der Waals surface area contributed by atoms with E-state index < -0.39 is 12.7 Å². The summed E-state index contributed by atoms with van der Waals surface area (Å²) in [7, 11) is 0. The molecule has 4 nitrogen and oxygen atoms in total. The number of aromatic nitrogens is 2. The Morgan fingerprint density at radius 2 is 2.14 bits per heavy atom. The highest BCUT2D eigenvalue weighted by atomic mass is 32.1. The SMILES string of the molecule is CCNc1nc(N(CC(F)(F)F)C2CC2)c2ccsc2n1. The summed E-state index contributed by atoms with van der Waals surface area (Å²) in [5, 5.41) is 5.51. The largest absolute Gasteiger partial charge is 0.405 e. The molecule has 0 spiro atoms. The number of nitrogens with one attached hydrogen (secondary N) is 1. The van der Waals surface area contributed by atoms with Crippen molar-refractivity contribution in [2.45, 2.75) is 32.0 Å². The molecule has 2 aromatic heterocycles. The van der Waals surface area contributed by atoms with E-state index in [4.69, 9.17) is 0 Å². The average molecular weight is 316 g/mol. The van der Waals surface area contributed by atoms with E-state index in [1.807, 2.05) is 12.3 Å². The quantitative estimate of drug-likeness (QED) is 0.914. The van der Waals surface area contributed by atoms with Crippen LogP contribution in [0.2, 0.25) is 0 Å². The molecule has 1 fully saturated rings. The van der Waals surface area contributed by atoms with Crippen molar-refractivity contribution in [2.24, 2.45) is 0 Å². The highest BCUT2D eigenvalue weighted by Gasteiger charge is 2.39. The van der Waals surface area contributed by atoms with Gasteiger partial charge in [0.05, 0.1) is 5.39 Å². The van der Waals surface area contributed by atoms with Crippen LogP contribution in [-0.2, 0) is 0 Å². The van der Waals surface area contributed by atoms with Gasteiger partial charge in [-0.1, -0.05) is 0 Å². The summed E-state index contributed by atoms with van der Waals surface area (Å²) in [6.07, 6.45) is -2.68. The zero-order chi connectivity index (χ0) is 15.0. The Morgan fingerprint density at radius 3 is 2.76 bits per heavy atom. The summed E-state index contributed by atoms with van der Waals surface area (Å²) in [6.45, 7) is 1.56. The molecule has 21 heavy (non-hydrogen) atoms. The molecule has 0 bridgehead atoms. The average Bonchev–Trinajstić information content (AvgIpc) is 3.13. The van der Waals surface area contributed by atoms with Gasteiger partial charge in [-0.25, -0.2) is 4.98 Å². The zero-order valence-corrected chi connectivity index (χ0v) is 12.3. The van der Waals surface area contributed by atoms with Crippen LogP contribution in [-0.4, -0.2) is 35.3 Å². The van der Waals surface area contributed by atoms with Crippen molar-refractivity contribution in [1.29, 1.82) is 0 Å². The van der Waals surface area contributed by atoms with E-state index in [9.17, 15) is 13.2 Å². The Labute approximate surface area is 124 Å². The Bertz CT molecular complexity index is 636. The molecule has 2 heterocycles. The van der Waals surface area contributed by atoms with E-state index in [2.05, 4.69) is 15.3 Å². The third-order valence-electron chi connectivity index (χ3n) is 3.25. The summed E-state index contributed by atoms with van der Waals surface area (Å²) in [5.74, 6) is 0.771. The molecule has 8 heteroatoms. The lowest BCUT2D eigenvalue weighted by Gasteiger charge is -2.25. The molecule has 1 N–H and O–H groups in total. The fraction of sp³-hybridized carbons (Fsp3) is 0.538. The maximum atomic E-state index is 12.9. The van der Waals surface area contributed by atoms with E-state index in [0.717, 1.165) is 12.8 Å². The van der Waals surface area contributed by atoms with Gasteiger partial charge in [0.1, 0.15) is 17.2 Å². The van der Waals surface area contributed by atoms with Gasteiger partial charge in [-0.2, -0.15) is 18.2 Å². The molecule has 0 amide bonds. The van der Waals surface area contributed by atoms with Gasteiger partial charge in [0.2, 0.25) is 5.95 Å². The summed E-state index contributed by atoms with van der Waals surface area (Å²) >= 11 is 1.41. The topological polar surface area (TPSA) is 41.1 Å². The number of nitrogens with zero attached hydrogens (tertiary/aromatic N) is 3. The van der Waals surface area contributed by atoms with E-state index in [0.29, 0.717) is 28.5 Å². The fourth-order valence-corrected chi connectivity index (χ4v) is 3.01. The van der Waals surface area contributed by atoms with E-state index in [1.54, 1.807) is 6.07 Å². The maximum absolute atomic E-state index is 12.9. The molecule has 0 aromatic carbocycles. The molecule has 0 saturated heterocycles. The Kier molecular flexibility index (Phi) is 3.64. The molecular weight excluding hydrogens is 301 g/mol. The number of halogens is 3. The number of hydrogen-bond acceptors (Lipinski definition) is 5. The monoisotopic (exact) mass is 316 g/mol. The zero-order valence-electron chi connectivity index (χ0n) is 11.4. The molecule has 1 aliphatic carbocycles. The fourth-order valence-electron chi connectivity index (χ4n) is 2.25. The third-order valence-corrected chi connectivity index (χ3v) is 4.06. The molecule has 1 aliphatic rings. The lowest BCUT2D eigenvalue weighted by Crippen LogP contribution is -2.36. The number of rotatable bonds is 5. The van der Waals surface area contributed by atoms with Crippen molar-refractivity contribution in [1.82, 2.24) is 9.97 Å². The molecule has 114 valence electrons. The lowest BCUT2D eigenvalue weighted by molar-refractivity contribution is -0.120. The number of anilines is 2. The number of hydrogen-bond donors (Lipinski definition) is 1. The van der Waals surface area contributed by atoms with Crippen LogP contribution in [0, 0.1) is 0 Å². The smallest absolute Gasteiger partial charge is 0.354 e. The van der Waals surface area contributed by atoms with Crippen molar-refractivity contribution in [2.75, 3.05) is 23.3 Å². The van der Waals surface area contributed by atoms with E-state index >= 15 is 0 Å². The van der Waals surface area contributed by atoms with Crippen molar-refractivity contribution in [3.8, 4) is 0 Å². The Balaban J connectivity index is 2.04. The first-order valence-corrected chi connectivity index (χ1v) is 7.68. The normalized spacial score (nSPS) is 15.4. The first-order valence-electron chi connectivity index (χ1n) is 6.80. The van der Waals surface area contributed by atoms with Gasteiger partial charge in [0.25, 0.3) is 0 Å². The van der Waals surface area contributed by atoms with Crippen LogP contribution in [0.1, 0.15) is 19.8 Å². The van der Waals surface area contributed by atoms with Crippen LogP contribution in [0.15, 0.2) is 11.4 Å². The van der Waals surface area contributed by atoms with E-state index in [1.165, 1.54) is 16.2 Å². The van der Waals surface area contributed by atoms with Gasteiger partial charge >= 0.3 is 6.18 Å². The molecule has 2 aromatic rings. The van der Waals surface area contributed by atoms with Crippen molar-refractivity contribution in [3.63, 3.8) is 0 Å². The second-order valence-electron chi connectivity index (χ2n) is 5.01. The predicted molar refractivity (Wildman–Crippen MR) is 78.0 cm³/mol. The number of fused-ring (bicyclic) bond motifs is 1. The molecule has 0 aliphatic heterocycles. The molecular formula is C13H15F3N4S. The van der Waals surface area contributed by atoms with Gasteiger partial charge in [-0.15, -0.1) is 11.3 Å². The summed E-state index contributed by atoms with van der Waals surface area (Å²) in [4.78, 5) is 10.7. The first-order chi connectivity index (χ1) is 9.98. The van der Waals surface area contributed by atoms with E-state index in [-0.39, 0.29) is 6.04 Å². The van der Waals surface area contributed by atoms with Gasteiger partial charge in [-0.3, -0.25) is 0 Å². The second kappa shape index (κ2) is 5.32. The molecule has 1 saturated carbocycles. The highest BCUT2D eigenvalue weighted by Crippen LogP contribution is 2.38. The summed E-state index contributed by atoms with van der Waals surface area (Å²) < 4.78 is 38.6. The minimum absolute atomic E-state index is 0.0703. The summed E-state index contributed by atoms with van der Waals surface area (Å²) in [5.41, 5.74) is 0. The van der Waals surface area contributed by atoms with Gasteiger partial charge in [0, 0.05) is 12.6 Å². The standard InChI is InChI=1S/C13H15F3N4S/c1-2-17-12-18-10(9-5-6-21-11(9)19-12)20(8-3-4-8)7-13(14,15)16/h5-6,8H,2-4,7H2,1H3,(H,17,18,19). The van der Waals surface area contributed by atoms with Gasteiger partial charge < -0.3 is 10.2 Å². The number of thiophene rings is 1.